The molecule has 2 amide bonds. The molecule has 2 rings (SSSR count). The van der Waals surface area contributed by atoms with Crippen molar-refractivity contribution in [2.75, 3.05) is 0 Å². The molecule has 0 spiro atoms. The number of H-pyrrole nitrogens is 1. The monoisotopic (exact) mass is 290 g/mol. The van der Waals surface area contributed by atoms with Crippen LogP contribution < -0.4 is 10.9 Å². The lowest BCUT2D eigenvalue weighted by Gasteiger charge is -2.05. The number of halogens is 1. The van der Waals surface area contributed by atoms with Gasteiger partial charge < -0.3 is 0 Å². The summed E-state index contributed by atoms with van der Waals surface area (Å²) in [7, 11) is 0. The largest absolute Gasteiger partial charge is 0.290 e. The minimum atomic E-state index is -0.535. The molecule has 2 aromatic rings. The van der Waals surface area contributed by atoms with Crippen LogP contribution >= 0.6 is 0 Å². The van der Waals surface area contributed by atoms with Gasteiger partial charge in [0.25, 0.3) is 11.8 Å². The number of hydrogen-bond acceptors (Lipinski definition) is 3. The normalized spacial score (nSPS) is 10.2. The second-order valence-electron chi connectivity index (χ2n) is 4.44. The number of aromatic amines is 1. The van der Waals surface area contributed by atoms with E-state index in [1.807, 2.05) is 6.92 Å². The van der Waals surface area contributed by atoms with Crippen LogP contribution in [-0.2, 0) is 6.42 Å². The third kappa shape index (κ3) is 3.88. The predicted molar refractivity (Wildman–Crippen MR) is 73.9 cm³/mol. The van der Waals surface area contributed by atoms with Gasteiger partial charge >= 0.3 is 0 Å². The first-order chi connectivity index (χ1) is 10.1. The molecule has 1 aromatic heterocycles. The molecule has 3 N–H and O–H groups in total. The lowest BCUT2D eigenvalue weighted by atomic mass is 10.2. The highest BCUT2D eigenvalue weighted by Gasteiger charge is 2.12. The highest BCUT2D eigenvalue weighted by Crippen LogP contribution is 2.03. The highest BCUT2D eigenvalue weighted by atomic mass is 19.1. The number of hydrazine groups is 1. The molecule has 0 atom stereocenters. The van der Waals surface area contributed by atoms with E-state index < -0.39 is 17.6 Å². The summed E-state index contributed by atoms with van der Waals surface area (Å²) in [5, 5.41) is 6.61. The van der Waals surface area contributed by atoms with Gasteiger partial charge in [-0.3, -0.25) is 25.5 Å². The van der Waals surface area contributed by atoms with E-state index in [0.717, 1.165) is 18.5 Å². The van der Waals surface area contributed by atoms with Gasteiger partial charge in [0, 0.05) is 11.3 Å². The van der Waals surface area contributed by atoms with E-state index in [-0.39, 0.29) is 11.3 Å². The molecule has 0 saturated heterocycles. The Morgan fingerprint density at radius 1 is 1.19 bits per heavy atom. The third-order valence-electron chi connectivity index (χ3n) is 2.78. The Balaban J connectivity index is 1.90. The van der Waals surface area contributed by atoms with Crippen molar-refractivity contribution < 1.29 is 14.0 Å². The van der Waals surface area contributed by atoms with Crippen molar-refractivity contribution in [2.45, 2.75) is 19.8 Å². The molecule has 0 aliphatic carbocycles. The van der Waals surface area contributed by atoms with Gasteiger partial charge in [-0.2, -0.15) is 5.10 Å². The maximum absolute atomic E-state index is 12.7. The average molecular weight is 290 g/mol. The molecule has 0 aliphatic heterocycles. The number of carbonyl (C=O) groups is 2. The molecule has 110 valence electrons. The number of benzene rings is 1. The Bertz CT molecular complexity index is 637. The van der Waals surface area contributed by atoms with Crippen molar-refractivity contribution >= 4 is 11.8 Å². The molecular weight excluding hydrogens is 275 g/mol. The Kier molecular flexibility index (Phi) is 4.65. The van der Waals surface area contributed by atoms with Crippen molar-refractivity contribution in [3.05, 3.63) is 53.1 Å². The topological polar surface area (TPSA) is 86.9 Å². The standard InChI is InChI=1S/C14H15FN4O2/c1-2-3-11-8-12(17-16-11)14(21)19-18-13(20)9-4-6-10(15)7-5-9/h4-8H,2-3H2,1H3,(H,16,17)(H,18,20)(H,19,21). The van der Waals surface area contributed by atoms with Crippen LogP contribution in [0.1, 0.15) is 39.9 Å². The van der Waals surface area contributed by atoms with E-state index in [2.05, 4.69) is 21.0 Å². The van der Waals surface area contributed by atoms with Crippen molar-refractivity contribution in [3.63, 3.8) is 0 Å². The van der Waals surface area contributed by atoms with E-state index in [1.165, 1.54) is 24.3 Å². The third-order valence-corrected chi connectivity index (χ3v) is 2.78. The highest BCUT2D eigenvalue weighted by molar-refractivity contribution is 5.98. The molecule has 0 bridgehead atoms. The van der Waals surface area contributed by atoms with E-state index in [0.29, 0.717) is 0 Å². The number of hydrogen-bond donors (Lipinski definition) is 3. The Hall–Kier alpha value is -2.70. The second kappa shape index (κ2) is 6.65. The summed E-state index contributed by atoms with van der Waals surface area (Å²) in [6, 6.07) is 6.61. The van der Waals surface area contributed by atoms with Crippen LogP contribution in [0.3, 0.4) is 0 Å². The van der Waals surface area contributed by atoms with Gasteiger partial charge in [0.05, 0.1) is 0 Å². The Labute approximate surface area is 120 Å². The lowest BCUT2D eigenvalue weighted by Crippen LogP contribution is -2.41. The van der Waals surface area contributed by atoms with Crippen molar-refractivity contribution in [2.24, 2.45) is 0 Å². The number of carbonyl (C=O) groups excluding carboxylic acids is 2. The maximum Gasteiger partial charge on any atom is 0.290 e. The molecule has 0 fully saturated rings. The molecular formula is C14H15FN4O2. The summed E-state index contributed by atoms with van der Waals surface area (Å²) in [6.45, 7) is 2.02. The van der Waals surface area contributed by atoms with Gasteiger partial charge in [-0.05, 0) is 36.8 Å². The van der Waals surface area contributed by atoms with Crippen LogP contribution in [0.25, 0.3) is 0 Å². The smallest absolute Gasteiger partial charge is 0.282 e. The van der Waals surface area contributed by atoms with Gasteiger partial charge in [-0.25, -0.2) is 4.39 Å². The number of aryl methyl sites for hydroxylation is 1. The zero-order valence-electron chi connectivity index (χ0n) is 11.4. The van der Waals surface area contributed by atoms with Crippen molar-refractivity contribution in [1.29, 1.82) is 0 Å². The Morgan fingerprint density at radius 3 is 2.52 bits per heavy atom. The summed E-state index contributed by atoms with van der Waals surface area (Å²) in [4.78, 5) is 23.5. The van der Waals surface area contributed by atoms with Crippen LogP contribution in [-0.4, -0.2) is 22.0 Å². The fraction of sp³-hybridized carbons (Fsp3) is 0.214. The summed E-state index contributed by atoms with van der Waals surface area (Å²) in [5.41, 5.74) is 5.78. The van der Waals surface area contributed by atoms with Crippen molar-refractivity contribution in [1.82, 2.24) is 21.0 Å². The van der Waals surface area contributed by atoms with Gasteiger partial charge in [-0.1, -0.05) is 13.3 Å². The van der Waals surface area contributed by atoms with Gasteiger partial charge in [0.2, 0.25) is 0 Å². The average Bonchev–Trinajstić information content (AvgIpc) is 2.94. The maximum atomic E-state index is 12.7. The van der Waals surface area contributed by atoms with Crippen LogP contribution in [0.15, 0.2) is 30.3 Å². The van der Waals surface area contributed by atoms with Gasteiger partial charge in [0.15, 0.2) is 5.69 Å². The second-order valence-corrected chi connectivity index (χ2v) is 4.44. The molecule has 6 nitrogen and oxygen atoms in total. The van der Waals surface area contributed by atoms with Crippen LogP contribution in [0.2, 0.25) is 0 Å². The quantitative estimate of drug-likeness (QED) is 0.747. The summed E-state index contributed by atoms with van der Waals surface area (Å²) < 4.78 is 12.7. The van der Waals surface area contributed by atoms with E-state index in [4.69, 9.17) is 0 Å². The van der Waals surface area contributed by atoms with Crippen LogP contribution in [0.4, 0.5) is 4.39 Å². The minimum Gasteiger partial charge on any atom is -0.282 e. The number of aromatic nitrogens is 2. The van der Waals surface area contributed by atoms with Crippen molar-refractivity contribution in [3.8, 4) is 0 Å². The number of nitrogens with one attached hydrogen (secondary N) is 3. The van der Waals surface area contributed by atoms with Gasteiger partial charge in [-0.15, -0.1) is 0 Å². The van der Waals surface area contributed by atoms with E-state index in [9.17, 15) is 14.0 Å². The molecule has 0 unspecified atom stereocenters. The summed E-state index contributed by atoms with van der Waals surface area (Å²) in [5.74, 6) is -1.49. The molecule has 1 heterocycles. The fourth-order valence-corrected chi connectivity index (χ4v) is 1.73. The minimum absolute atomic E-state index is 0.192. The molecule has 0 aliphatic rings. The van der Waals surface area contributed by atoms with E-state index >= 15 is 0 Å². The lowest BCUT2D eigenvalue weighted by molar-refractivity contribution is 0.0844. The first-order valence-corrected chi connectivity index (χ1v) is 6.50. The van der Waals surface area contributed by atoms with Crippen LogP contribution in [0.5, 0.6) is 0 Å². The Morgan fingerprint density at radius 2 is 1.86 bits per heavy atom. The zero-order valence-corrected chi connectivity index (χ0v) is 11.4. The fourth-order valence-electron chi connectivity index (χ4n) is 1.73. The number of nitrogens with zero attached hydrogens (tertiary/aromatic N) is 1. The predicted octanol–water partition coefficient (Wildman–Crippen LogP) is 1.58. The SMILES string of the molecule is CCCc1cc(C(=O)NNC(=O)c2ccc(F)cc2)n[nH]1. The first kappa shape index (κ1) is 14.7. The molecule has 0 radical (unpaired) electrons. The summed E-state index contributed by atoms with van der Waals surface area (Å²) >= 11 is 0. The molecule has 0 saturated carbocycles. The molecule has 1 aromatic carbocycles. The zero-order chi connectivity index (χ0) is 15.2. The van der Waals surface area contributed by atoms with Crippen LogP contribution in [0, 0.1) is 5.82 Å². The molecule has 7 heteroatoms. The van der Waals surface area contributed by atoms with E-state index in [1.54, 1.807) is 6.07 Å². The van der Waals surface area contributed by atoms with Gasteiger partial charge in [0.1, 0.15) is 5.82 Å². The number of amides is 2. The first-order valence-electron chi connectivity index (χ1n) is 6.50. The molecule has 21 heavy (non-hydrogen) atoms. The summed E-state index contributed by atoms with van der Waals surface area (Å²) in [6.07, 6.45) is 1.73. The number of rotatable bonds is 4.